The monoisotopic (exact) mass is 371 g/mol. The van der Waals surface area contributed by atoms with Crippen LogP contribution in [-0.4, -0.2) is 38.3 Å². The quantitative estimate of drug-likeness (QED) is 0.754. The van der Waals surface area contributed by atoms with Crippen LogP contribution in [0.1, 0.15) is 12.0 Å². The van der Waals surface area contributed by atoms with Gasteiger partial charge in [-0.1, -0.05) is 18.2 Å². The van der Waals surface area contributed by atoms with Crippen molar-refractivity contribution in [2.24, 2.45) is 0 Å². The predicted octanol–water partition coefficient (Wildman–Crippen LogP) is 2.72. The Hall–Kier alpha value is -3.22. The molecule has 0 aliphatic carbocycles. The van der Waals surface area contributed by atoms with Crippen LogP contribution < -0.4 is 19.5 Å². The highest BCUT2D eigenvalue weighted by Crippen LogP contribution is 2.32. The first kappa shape index (κ1) is 18.6. The molecule has 0 aromatic heterocycles. The molecule has 0 fully saturated rings. The molecule has 1 aliphatic rings. The molecule has 3 rings (SSSR count). The van der Waals surface area contributed by atoms with Crippen LogP contribution in [0.2, 0.25) is 0 Å². The van der Waals surface area contributed by atoms with Crippen molar-refractivity contribution in [2.75, 3.05) is 31.7 Å². The molecule has 27 heavy (non-hydrogen) atoms. The van der Waals surface area contributed by atoms with Gasteiger partial charge >= 0.3 is 5.97 Å². The highest BCUT2D eigenvalue weighted by atomic mass is 16.6. The minimum Gasteiger partial charge on any atom is -0.493 e. The molecule has 7 heteroatoms. The first-order chi connectivity index (χ1) is 13.1. The Bertz CT molecular complexity index is 820. The van der Waals surface area contributed by atoms with Crippen molar-refractivity contribution >= 4 is 17.6 Å². The molecule has 0 saturated carbocycles. The summed E-state index contributed by atoms with van der Waals surface area (Å²) in [4.78, 5) is 23.7. The minimum absolute atomic E-state index is 0.0611. The molecule has 0 saturated heterocycles. The van der Waals surface area contributed by atoms with Crippen LogP contribution in [0.15, 0.2) is 42.5 Å². The summed E-state index contributed by atoms with van der Waals surface area (Å²) in [5.74, 6) is 1.01. The number of amides is 1. The van der Waals surface area contributed by atoms with E-state index in [1.165, 1.54) is 0 Å². The van der Waals surface area contributed by atoms with Crippen LogP contribution in [-0.2, 0) is 14.3 Å². The lowest BCUT2D eigenvalue weighted by atomic mass is 10.2. The Morgan fingerprint density at radius 2 is 1.85 bits per heavy atom. The van der Waals surface area contributed by atoms with E-state index in [1.54, 1.807) is 18.2 Å². The smallest absolute Gasteiger partial charge is 0.309 e. The SMILES string of the molecule is Cc1ccccc1OCCC(=O)OCC(=O)Nc1ccc2c(c1)OCCO2. The topological polar surface area (TPSA) is 83.1 Å². The maximum Gasteiger partial charge on any atom is 0.309 e. The van der Waals surface area contributed by atoms with Crippen LogP contribution in [0.4, 0.5) is 5.69 Å². The highest BCUT2D eigenvalue weighted by molar-refractivity contribution is 5.93. The largest absolute Gasteiger partial charge is 0.493 e. The van der Waals surface area contributed by atoms with E-state index in [1.807, 2.05) is 31.2 Å². The van der Waals surface area contributed by atoms with Gasteiger partial charge in [0.15, 0.2) is 18.1 Å². The van der Waals surface area contributed by atoms with E-state index in [2.05, 4.69) is 5.32 Å². The second kappa shape index (κ2) is 8.93. The van der Waals surface area contributed by atoms with Gasteiger partial charge in [-0.05, 0) is 30.7 Å². The van der Waals surface area contributed by atoms with E-state index in [0.29, 0.717) is 30.4 Å². The molecule has 0 radical (unpaired) electrons. The van der Waals surface area contributed by atoms with Crippen molar-refractivity contribution in [3.8, 4) is 17.2 Å². The second-order valence-corrected chi connectivity index (χ2v) is 5.93. The van der Waals surface area contributed by atoms with E-state index < -0.39 is 11.9 Å². The molecule has 0 atom stereocenters. The number of rotatable bonds is 7. The predicted molar refractivity (Wildman–Crippen MR) is 98.3 cm³/mol. The number of carbonyl (C=O) groups excluding carboxylic acids is 2. The molecule has 0 spiro atoms. The maximum absolute atomic E-state index is 11.9. The molecule has 2 aromatic rings. The fourth-order valence-corrected chi connectivity index (χ4v) is 2.50. The first-order valence-electron chi connectivity index (χ1n) is 8.65. The van der Waals surface area contributed by atoms with Gasteiger partial charge in [0.1, 0.15) is 19.0 Å². The number of anilines is 1. The molecule has 0 unspecified atom stereocenters. The van der Waals surface area contributed by atoms with E-state index in [4.69, 9.17) is 18.9 Å². The Balaban J connectivity index is 1.38. The van der Waals surface area contributed by atoms with Crippen molar-refractivity contribution < 1.29 is 28.5 Å². The fraction of sp³-hybridized carbons (Fsp3) is 0.300. The molecule has 142 valence electrons. The van der Waals surface area contributed by atoms with E-state index in [0.717, 1.165) is 11.3 Å². The summed E-state index contributed by atoms with van der Waals surface area (Å²) in [5, 5.41) is 2.65. The Morgan fingerprint density at radius 3 is 2.67 bits per heavy atom. The first-order valence-corrected chi connectivity index (χ1v) is 8.65. The number of benzene rings is 2. The lowest BCUT2D eigenvalue weighted by molar-refractivity contribution is -0.147. The Labute approximate surface area is 157 Å². The number of para-hydroxylation sites is 1. The third-order valence-corrected chi connectivity index (χ3v) is 3.85. The van der Waals surface area contributed by atoms with Gasteiger partial charge < -0.3 is 24.3 Å². The van der Waals surface area contributed by atoms with Gasteiger partial charge in [0.25, 0.3) is 5.91 Å². The van der Waals surface area contributed by atoms with Crippen LogP contribution in [0.25, 0.3) is 0 Å². The van der Waals surface area contributed by atoms with Gasteiger partial charge in [-0.2, -0.15) is 0 Å². The molecular weight excluding hydrogens is 350 g/mol. The number of aryl methyl sites for hydroxylation is 1. The molecule has 1 N–H and O–H groups in total. The number of nitrogens with one attached hydrogen (secondary N) is 1. The standard InChI is InChI=1S/C20H21NO6/c1-14-4-2-3-5-16(14)24-9-8-20(23)27-13-19(22)21-15-6-7-17-18(12-15)26-11-10-25-17/h2-7,12H,8-11,13H2,1H3,(H,21,22). The maximum atomic E-state index is 11.9. The van der Waals surface area contributed by atoms with E-state index in [-0.39, 0.29) is 19.6 Å². The summed E-state index contributed by atoms with van der Waals surface area (Å²) >= 11 is 0. The van der Waals surface area contributed by atoms with Crippen molar-refractivity contribution in [3.63, 3.8) is 0 Å². The summed E-state index contributed by atoms with van der Waals surface area (Å²) in [6.07, 6.45) is 0.0611. The molecule has 7 nitrogen and oxygen atoms in total. The average Bonchev–Trinajstić information content (AvgIpc) is 2.68. The van der Waals surface area contributed by atoms with Gasteiger partial charge in [0, 0.05) is 11.8 Å². The van der Waals surface area contributed by atoms with Crippen molar-refractivity contribution in [2.45, 2.75) is 13.3 Å². The molecule has 2 aromatic carbocycles. The number of ether oxygens (including phenoxy) is 4. The zero-order valence-corrected chi connectivity index (χ0v) is 15.0. The summed E-state index contributed by atoms with van der Waals surface area (Å²) in [7, 11) is 0. The van der Waals surface area contributed by atoms with Crippen LogP contribution >= 0.6 is 0 Å². The van der Waals surface area contributed by atoms with Gasteiger partial charge in [0.2, 0.25) is 0 Å². The molecule has 0 bridgehead atoms. The summed E-state index contributed by atoms with van der Waals surface area (Å²) in [6.45, 7) is 2.72. The molecule has 1 aliphatic heterocycles. The fourth-order valence-electron chi connectivity index (χ4n) is 2.50. The summed E-state index contributed by atoms with van der Waals surface area (Å²) < 4.78 is 21.4. The lowest BCUT2D eigenvalue weighted by Gasteiger charge is -2.19. The van der Waals surface area contributed by atoms with Crippen LogP contribution in [0, 0.1) is 6.92 Å². The highest BCUT2D eigenvalue weighted by Gasteiger charge is 2.13. The summed E-state index contributed by atoms with van der Waals surface area (Å²) in [5.41, 5.74) is 1.54. The number of fused-ring (bicyclic) bond motifs is 1. The van der Waals surface area contributed by atoms with Crippen LogP contribution in [0.5, 0.6) is 17.2 Å². The number of esters is 1. The number of carbonyl (C=O) groups is 2. The minimum atomic E-state index is -0.499. The zero-order valence-electron chi connectivity index (χ0n) is 15.0. The zero-order chi connectivity index (χ0) is 19.1. The third kappa shape index (κ3) is 5.37. The van der Waals surface area contributed by atoms with E-state index >= 15 is 0 Å². The van der Waals surface area contributed by atoms with Gasteiger partial charge in [0.05, 0.1) is 13.0 Å². The van der Waals surface area contributed by atoms with Crippen molar-refractivity contribution in [1.29, 1.82) is 0 Å². The van der Waals surface area contributed by atoms with E-state index in [9.17, 15) is 9.59 Å². The average molecular weight is 371 g/mol. The van der Waals surface area contributed by atoms with Crippen molar-refractivity contribution in [3.05, 3.63) is 48.0 Å². The number of hydrogen-bond acceptors (Lipinski definition) is 6. The normalized spacial score (nSPS) is 12.2. The number of hydrogen-bond donors (Lipinski definition) is 1. The second-order valence-electron chi connectivity index (χ2n) is 5.93. The molecule has 1 amide bonds. The van der Waals surface area contributed by atoms with Crippen LogP contribution in [0.3, 0.4) is 0 Å². The van der Waals surface area contributed by atoms with Gasteiger partial charge in [-0.15, -0.1) is 0 Å². The van der Waals surface area contributed by atoms with Gasteiger partial charge in [-0.3, -0.25) is 9.59 Å². The Kier molecular flexibility index (Phi) is 6.14. The Morgan fingerprint density at radius 1 is 1.07 bits per heavy atom. The molecule has 1 heterocycles. The lowest BCUT2D eigenvalue weighted by Crippen LogP contribution is -2.22. The third-order valence-electron chi connectivity index (χ3n) is 3.85. The summed E-state index contributed by atoms with van der Waals surface area (Å²) in [6, 6.07) is 12.6. The van der Waals surface area contributed by atoms with Crippen molar-refractivity contribution in [1.82, 2.24) is 0 Å². The van der Waals surface area contributed by atoms with Gasteiger partial charge in [-0.25, -0.2) is 0 Å². The molecular formula is C20H21NO6.